The van der Waals surface area contributed by atoms with Crippen LogP contribution in [0.1, 0.15) is 27.3 Å². The number of hydrogen-bond acceptors (Lipinski definition) is 4. The Hall–Kier alpha value is -3.13. The van der Waals surface area contributed by atoms with Crippen molar-refractivity contribution in [3.8, 4) is 0 Å². The molecule has 31 heavy (non-hydrogen) atoms. The summed E-state index contributed by atoms with van der Waals surface area (Å²) in [5.74, 6) is 0.144. The lowest BCUT2D eigenvalue weighted by Gasteiger charge is -2.15. The minimum Gasteiger partial charge on any atom is -0.378 e. The quantitative estimate of drug-likeness (QED) is 0.420. The van der Waals surface area contributed by atoms with Gasteiger partial charge in [-0.25, -0.2) is 4.99 Å². The number of benzene rings is 2. The Bertz CT molecular complexity index is 1120. The lowest BCUT2D eigenvalue weighted by molar-refractivity contribution is 0.0977. The number of aliphatic imine (C=N–C) groups is 1. The Morgan fingerprint density at radius 2 is 1.90 bits per heavy atom. The van der Waals surface area contributed by atoms with Crippen LogP contribution in [-0.2, 0) is 13.6 Å². The molecule has 3 aromatic rings. The van der Waals surface area contributed by atoms with E-state index in [0.717, 1.165) is 32.8 Å². The molecule has 0 spiro atoms. The Morgan fingerprint density at radius 1 is 1.16 bits per heavy atom. The van der Waals surface area contributed by atoms with Crippen LogP contribution in [0.15, 0.2) is 58.0 Å². The van der Waals surface area contributed by atoms with Gasteiger partial charge in [-0.05, 0) is 50.2 Å². The zero-order valence-corrected chi connectivity index (χ0v) is 20.0. The predicted molar refractivity (Wildman–Crippen MR) is 130 cm³/mol. The van der Waals surface area contributed by atoms with E-state index in [0.29, 0.717) is 18.1 Å². The van der Waals surface area contributed by atoms with Gasteiger partial charge in [0.25, 0.3) is 5.91 Å². The molecule has 0 aliphatic heterocycles. The molecule has 0 aliphatic rings. The highest BCUT2D eigenvalue weighted by Gasteiger charge is 2.13. The maximum atomic E-state index is 13.0. The fraction of sp³-hybridized carbons (Fsp3) is 0.261. The van der Waals surface area contributed by atoms with Crippen LogP contribution in [0.2, 0.25) is 0 Å². The van der Waals surface area contributed by atoms with Crippen LogP contribution in [0, 0.1) is 13.8 Å². The van der Waals surface area contributed by atoms with Crippen molar-refractivity contribution in [2.24, 2.45) is 12.0 Å². The number of rotatable bonds is 5. The number of amides is 1. The third-order valence-electron chi connectivity index (χ3n) is 5.00. The van der Waals surface area contributed by atoms with Crippen LogP contribution in [0.3, 0.4) is 0 Å². The monoisotopic (exact) mass is 482 g/mol. The van der Waals surface area contributed by atoms with Crippen LogP contribution in [0.4, 0.5) is 11.4 Å². The summed E-state index contributed by atoms with van der Waals surface area (Å²) in [5, 5.41) is 10.6. The first-order chi connectivity index (χ1) is 14.7. The molecule has 2 N–H and O–H groups in total. The molecule has 0 atom stereocenters. The summed E-state index contributed by atoms with van der Waals surface area (Å²) >= 11 is 3.48. The van der Waals surface area contributed by atoms with Gasteiger partial charge in [0.1, 0.15) is 0 Å². The zero-order valence-electron chi connectivity index (χ0n) is 18.4. The van der Waals surface area contributed by atoms with Crippen LogP contribution < -0.4 is 15.5 Å². The zero-order chi connectivity index (χ0) is 22.5. The van der Waals surface area contributed by atoms with Gasteiger partial charge in [0.2, 0.25) is 5.96 Å². The molecule has 0 aliphatic carbocycles. The van der Waals surface area contributed by atoms with Gasteiger partial charge in [-0.1, -0.05) is 28.1 Å². The second kappa shape index (κ2) is 9.78. The second-order valence-electron chi connectivity index (χ2n) is 7.47. The van der Waals surface area contributed by atoms with E-state index in [1.165, 1.54) is 0 Å². The third-order valence-corrected chi connectivity index (χ3v) is 5.49. The first-order valence-corrected chi connectivity index (χ1v) is 10.7. The fourth-order valence-corrected chi connectivity index (χ4v) is 3.52. The van der Waals surface area contributed by atoms with Crippen molar-refractivity contribution in [2.75, 3.05) is 24.3 Å². The lowest BCUT2D eigenvalue weighted by atomic mass is 10.2. The Morgan fingerprint density at radius 3 is 2.55 bits per heavy atom. The molecule has 0 fully saturated rings. The Kier molecular flexibility index (Phi) is 7.12. The Balaban J connectivity index is 1.87. The summed E-state index contributed by atoms with van der Waals surface area (Å²) in [6, 6.07) is 15.2. The second-order valence-corrected chi connectivity index (χ2v) is 8.39. The molecule has 0 saturated heterocycles. The summed E-state index contributed by atoms with van der Waals surface area (Å²) in [5.41, 5.74) is 5.34. The van der Waals surface area contributed by atoms with Crippen molar-refractivity contribution < 1.29 is 4.79 Å². The molecule has 0 saturated carbocycles. The predicted octanol–water partition coefficient (Wildman–Crippen LogP) is 4.26. The maximum absolute atomic E-state index is 13.0. The summed E-state index contributed by atoms with van der Waals surface area (Å²) in [6.45, 7) is 4.38. The van der Waals surface area contributed by atoms with Crippen molar-refractivity contribution in [3.63, 3.8) is 0 Å². The first-order valence-electron chi connectivity index (χ1n) is 9.89. The maximum Gasteiger partial charge on any atom is 0.258 e. The SMILES string of the molecule is Cc1nn(C)c(C)c1CN=C(NC(=O)c1cccc(N(C)C)c1)Nc1cccc(Br)c1. The standard InChI is InChI=1S/C23H27BrN6O/c1-15-21(16(2)30(5)28-15)14-25-23(26-19-10-7-9-18(24)13-19)27-22(31)17-8-6-11-20(12-17)29(3)4/h6-13H,14H2,1-5H3,(H2,25,26,27,31). The van der Waals surface area contributed by atoms with Crippen molar-refractivity contribution in [1.82, 2.24) is 15.1 Å². The highest BCUT2D eigenvalue weighted by Crippen LogP contribution is 2.17. The minimum atomic E-state index is -0.232. The fourth-order valence-electron chi connectivity index (χ4n) is 3.12. The van der Waals surface area contributed by atoms with E-state index in [4.69, 9.17) is 0 Å². The highest BCUT2D eigenvalue weighted by molar-refractivity contribution is 9.10. The van der Waals surface area contributed by atoms with Gasteiger partial charge < -0.3 is 10.2 Å². The minimum absolute atomic E-state index is 0.232. The average molecular weight is 483 g/mol. The normalized spacial score (nSPS) is 11.4. The van der Waals surface area contributed by atoms with Crippen LogP contribution >= 0.6 is 15.9 Å². The number of nitrogens with one attached hydrogen (secondary N) is 2. The van der Waals surface area contributed by atoms with Crippen LogP contribution in [0.25, 0.3) is 0 Å². The van der Waals surface area contributed by atoms with E-state index in [1.54, 1.807) is 6.07 Å². The summed E-state index contributed by atoms with van der Waals surface area (Å²) in [4.78, 5) is 19.6. The van der Waals surface area contributed by atoms with Gasteiger partial charge in [0.05, 0.1) is 12.2 Å². The van der Waals surface area contributed by atoms with E-state index in [1.807, 2.05) is 87.0 Å². The smallest absolute Gasteiger partial charge is 0.258 e. The number of carbonyl (C=O) groups excluding carboxylic acids is 1. The first kappa shape index (κ1) is 22.6. The third kappa shape index (κ3) is 5.73. The molecule has 1 heterocycles. The lowest BCUT2D eigenvalue weighted by Crippen LogP contribution is -2.36. The largest absolute Gasteiger partial charge is 0.378 e. The topological polar surface area (TPSA) is 74.5 Å². The van der Waals surface area contributed by atoms with E-state index >= 15 is 0 Å². The number of aryl methyl sites for hydroxylation is 2. The molecule has 7 nitrogen and oxygen atoms in total. The van der Waals surface area contributed by atoms with Gasteiger partial charge >= 0.3 is 0 Å². The number of nitrogens with zero attached hydrogens (tertiary/aromatic N) is 4. The number of anilines is 2. The van der Waals surface area contributed by atoms with E-state index in [2.05, 4.69) is 36.7 Å². The number of halogens is 1. The molecule has 1 aromatic heterocycles. The molecule has 3 rings (SSSR count). The number of carbonyl (C=O) groups is 1. The molecule has 2 aromatic carbocycles. The molecular formula is C23H27BrN6O. The van der Waals surface area contributed by atoms with E-state index in [9.17, 15) is 4.79 Å². The molecular weight excluding hydrogens is 456 g/mol. The van der Waals surface area contributed by atoms with Crippen molar-refractivity contribution in [3.05, 3.63) is 75.5 Å². The highest BCUT2D eigenvalue weighted by atomic mass is 79.9. The molecule has 1 amide bonds. The number of guanidine groups is 1. The van der Waals surface area contributed by atoms with E-state index < -0.39 is 0 Å². The number of aromatic nitrogens is 2. The van der Waals surface area contributed by atoms with Crippen LogP contribution in [0.5, 0.6) is 0 Å². The van der Waals surface area contributed by atoms with Gasteiger partial charge in [0.15, 0.2) is 0 Å². The van der Waals surface area contributed by atoms with Gasteiger partial charge in [0, 0.05) is 53.8 Å². The summed E-state index contributed by atoms with van der Waals surface area (Å²) in [6.07, 6.45) is 0. The molecule has 8 heteroatoms. The Labute approximate surface area is 191 Å². The van der Waals surface area contributed by atoms with Gasteiger partial charge in [-0.2, -0.15) is 5.10 Å². The van der Waals surface area contributed by atoms with E-state index in [-0.39, 0.29) is 5.91 Å². The van der Waals surface area contributed by atoms with Crippen LogP contribution in [-0.4, -0.2) is 35.7 Å². The van der Waals surface area contributed by atoms with Gasteiger partial charge in [-0.3, -0.25) is 14.8 Å². The van der Waals surface area contributed by atoms with Crippen molar-refractivity contribution in [2.45, 2.75) is 20.4 Å². The molecule has 162 valence electrons. The summed E-state index contributed by atoms with van der Waals surface area (Å²) < 4.78 is 2.77. The molecule has 0 radical (unpaired) electrons. The van der Waals surface area contributed by atoms with Crippen molar-refractivity contribution in [1.29, 1.82) is 0 Å². The number of hydrogen-bond donors (Lipinski definition) is 2. The molecule has 0 bridgehead atoms. The summed E-state index contributed by atoms with van der Waals surface area (Å²) in [7, 11) is 5.80. The average Bonchev–Trinajstić information content (AvgIpc) is 2.97. The molecule has 0 unspecified atom stereocenters. The van der Waals surface area contributed by atoms with Crippen molar-refractivity contribution >= 4 is 39.2 Å². The van der Waals surface area contributed by atoms with Gasteiger partial charge in [-0.15, -0.1) is 0 Å².